The Labute approximate surface area is 227 Å². The highest BCUT2D eigenvalue weighted by Gasteiger charge is 2.18. The quantitative estimate of drug-likeness (QED) is 0.197. The smallest absolute Gasteiger partial charge is 0.305 e. The summed E-state index contributed by atoms with van der Waals surface area (Å²) in [6.07, 6.45) is 2.28. The molecule has 1 atom stereocenters. The van der Waals surface area contributed by atoms with E-state index in [0.717, 1.165) is 33.3 Å². The van der Waals surface area contributed by atoms with Crippen LogP contribution in [-0.2, 0) is 14.4 Å². The normalized spacial score (nSPS) is 11.5. The van der Waals surface area contributed by atoms with Crippen molar-refractivity contribution >= 4 is 34.4 Å². The number of carboxylic acids is 1. The van der Waals surface area contributed by atoms with Gasteiger partial charge in [-0.15, -0.1) is 0 Å². The second-order valence-electron chi connectivity index (χ2n) is 9.43. The molecule has 200 valence electrons. The summed E-state index contributed by atoms with van der Waals surface area (Å²) in [5, 5.41) is 20.2. The summed E-state index contributed by atoms with van der Waals surface area (Å²) in [5.74, 6) is -0.975. The van der Waals surface area contributed by atoms with Crippen LogP contribution in [0, 0.1) is 6.92 Å². The van der Waals surface area contributed by atoms with E-state index in [1.807, 2.05) is 61.5 Å². The Morgan fingerprint density at radius 3 is 2.36 bits per heavy atom. The van der Waals surface area contributed by atoms with Crippen molar-refractivity contribution in [3.05, 3.63) is 96.2 Å². The molecule has 4 aromatic rings. The van der Waals surface area contributed by atoms with Crippen LogP contribution < -0.4 is 16.0 Å². The fraction of sp³-hybridized carbons (Fsp3) is 0.226. The zero-order valence-corrected chi connectivity index (χ0v) is 21.8. The van der Waals surface area contributed by atoms with Crippen molar-refractivity contribution in [2.45, 2.75) is 32.2 Å². The lowest BCUT2D eigenvalue weighted by atomic mass is 9.97. The van der Waals surface area contributed by atoms with Gasteiger partial charge in [-0.1, -0.05) is 60.7 Å². The summed E-state index contributed by atoms with van der Waals surface area (Å²) in [5.41, 5.74) is 3.81. The Bertz CT molecular complexity index is 1450. The number of nitrogens with zero attached hydrogens (tertiary/aromatic N) is 1. The number of hydrogen-bond donors (Lipinski definition) is 4. The highest BCUT2D eigenvalue weighted by atomic mass is 16.4. The average Bonchev–Trinajstić information content (AvgIpc) is 2.93. The van der Waals surface area contributed by atoms with Gasteiger partial charge in [-0.25, -0.2) is 4.98 Å². The van der Waals surface area contributed by atoms with E-state index < -0.39 is 17.9 Å². The standard InChI is InChI=1S/C31H32N4O4/c1-21-14-16-33-28(17-21)32-15-4-7-29(36)34-20-30(37)35-27(19-31(38)39)24-11-8-23(9-12-24)26-13-10-22-5-2-3-6-25(22)18-26/h2-3,5-6,8-14,16-18,27H,4,7,15,19-20H2,1H3,(H,32,33)(H,34,36)(H,35,37)(H,38,39). The second-order valence-corrected chi connectivity index (χ2v) is 9.43. The lowest BCUT2D eigenvalue weighted by molar-refractivity contribution is -0.138. The molecule has 1 unspecified atom stereocenters. The van der Waals surface area contributed by atoms with Crippen molar-refractivity contribution < 1.29 is 19.5 Å². The first kappa shape index (κ1) is 27.3. The van der Waals surface area contributed by atoms with Crippen LogP contribution in [0.3, 0.4) is 0 Å². The Morgan fingerprint density at radius 1 is 0.872 bits per heavy atom. The van der Waals surface area contributed by atoms with Crippen molar-refractivity contribution in [2.75, 3.05) is 18.4 Å². The highest BCUT2D eigenvalue weighted by molar-refractivity contribution is 5.87. The number of anilines is 1. The van der Waals surface area contributed by atoms with Crippen LogP contribution in [0.4, 0.5) is 5.82 Å². The van der Waals surface area contributed by atoms with Crippen molar-refractivity contribution in [1.29, 1.82) is 0 Å². The van der Waals surface area contributed by atoms with Gasteiger partial charge in [0.1, 0.15) is 5.82 Å². The number of pyridine rings is 1. The number of aromatic nitrogens is 1. The van der Waals surface area contributed by atoms with E-state index in [2.05, 4.69) is 45.2 Å². The number of carboxylic acid groups (broad SMARTS) is 1. The minimum Gasteiger partial charge on any atom is -0.481 e. The van der Waals surface area contributed by atoms with Gasteiger partial charge in [0.15, 0.2) is 0 Å². The van der Waals surface area contributed by atoms with E-state index in [1.165, 1.54) is 0 Å². The van der Waals surface area contributed by atoms with Gasteiger partial charge in [-0.05, 0) is 64.6 Å². The molecule has 0 saturated carbocycles. The van der Waals surface area contributed by atoms with Crippen LogP contribution in [0.5, 0.6) is 0 Å². The third-order valence-electron chi connectivity index (χ3n) is 6.36. The third-order valence-corrected chi connectivity index (χ3v) is 6.36. The topological polar surface area (TPSA) is 120 Å². The first-order chi connectivity index (χ1) is 18.9. The van der Waals surface area contributed by atoms with Crippen molar-refractivity contribution in [1.82, 2.24) is 15.6 Å². The first-order valence-corrected chi connectivity index (χ1v) is 12.9. The summed E-state index contributed by atoms with van der Waals surface area (Å²) in [4.78, 5) is 40.4. The van der Waals surface area contributed by atoms with Crippen molar-refractivity contribution in [3.8, 4) is 11.1 Å². The fourth-order valence-corrected chi connectivity index (χ4v) is 4.31. The number of fused-ring (bicyclic) bond motifs is 1. The van der Waals surface area contributed by atoms with Gasteiger partial charge < -0.3 is 21.1 Å². The SMILES string of the molecule is Cc1ccnc(NCCCC(=O)NCC(=O)NC(CC(=O)O)c2ccc(-c3ccc4ccccc4c3)cc2)c1. The Kier molecular flexibility index (Phi) is 9.24. The summed E-state index contributed by atoms with van der Waals surface area (Å²) in [6.45, 7) is 2.33. The Balaban J connectivity index is 1.28. The number of rotatable bonds is 12. The molecule has 8 heteroatoms. The van der Waals surface area contributed by atoms with Crippen LogP contribution in [-0.4, -0.2) is 41.0 Å². The zero-order chi connectivity index (χ0) is 27.6. The molecule has 0 radical (unpaired) electrons. The van der Waals surface area contributed by atoms with Gasteiger partial charge in [0.25, 0.3) is 0 Å². The van der Waals surface area contributed by atoms with Gasteiger partial charge >= 0.3 is 5.97 Å². The molecule has 0 saturated heterocycles. The molecule has 0 bridgehead atoms. The number of carbonyl (C=O) groups is 3. The summed E-state index contributed by atoms with van der Waals surface area (Å²) in [6, 6.07) is 25.0. The highest BCUT2D eigenvalue weighted by Crippen LogP contribution is 2.26. The number of nitrogens with one attached hydrogen (secondary N) is 3. The lowest BCUT2D eigenvalue weighted by Gasteiger charge is -2.18. The summed E-state index contributed by atoms with van der Waals surface area (Å²) < 4.78 is 0. The molecule has 0 aliphatic carbocycles. The molecular formula is C31H32N4O4. The molecule has 4 N–H and O–H groups in total. The molecular weight excluding hydrogens is 492 g/mol. The van der Waals surface area contributed by atoms with Crippen LogP contribution in [0.1, 0.15) is 36.4 Å². The Hall–Kier alpha value is -4.72. The van der Waals surface area contributed by atoms with E-state index in [4.69, 9.17) is 0 Å². The predicted molar refractivity (Wildman–Crippen MR) is 152 cm³/mol. The predicted octanol–water partition coefficient (Wildman–Crippen LogP) is 4.85. The van der Waals surface area contributed by atoms with Crippen LogP contribution in [0.25, 0.3) is 21.9 Å². The van der Waals surface area contributed by atoms with E-state index in [0.29, 0.717) is 18.5 Å². The minimum absolute atomic E-state index is 0.225. The molecule has 0 aliphatic heterocycles. The van der Waals surface area contributed by atoms with Gasteiger partial charge in [0.05, 0.1) is 19.0 Å². The molecule has 39 heavy (non-hydrogen) atoms. The number of amides is 2. The lowest BCUT2D eigenvalue weighted by Crippen LogP contribution is -2.39. The minimum atomic E-state index is -1.03. The number of carbonyl (C=O) groups excluding carboxylic acids is 2. The maximum absolute atomic E-state index is 12.5. The summed E-state index contributed by atoms with van der Waals surface area (Å²) in [7, 11) is 0. The summed E-state index contributed by atoms with van der Waals surface area (Å²) >= 11 is 0. The molecule has 8 nitrogen and oxygen atoms in total. The van der Waals surface area contributed by atoms with Gasteiger partial charge in [-0.2, -0.15) is 0 Å². The van der Waals surface area contributed by atoms with E-state index in [9.17, 15) is 19.5 Å². The zero-order valence-electron chi connectivity index (χ0n) is 21.8. The van der Waals surface area contributed by atoms with Crippen LogP contribution in [0.15, 0.2) is 85.1 Å². The second kappa shape index (κ2) is 13.2. The van der Waals surface area contributed by atoms with E-state index >= 15 is 0 Å². The third kappa shape index (κ3) is 8.13. The van der Waals surface area contributed by atoms with Crippen molar-refractivity contribution in [2.24, 2.45) is 0 Å². The van der Waals surface area contributed by atoms with E-state index in [-0.39, 0.29) is 25.3 Å². The maximum Gasteiger partial charge on any atom is 0.305 e. The molecule has 1 heterocycles. The maximum atomic E-state index is 12.5. The Morgan fingerprint density at radius 2 is 1.62 bits per heavy atom. The molecule has 3 aromatic carbocycles. The molecule has 0 spiro atoms. The first-order valence-electron chi connectivity index (χ1n) is 12.9. The molecule has 2 amide bonds. The van der Waals surface area contributed by atoms with Gasteiger partial charge in [0, 0.05) is 19.2 Å². The van der Waals surface area contributed by atoms with Gasteiger partial charge in [-0.3, -0.25) is 14.4 Å². The number of aliphatic carboxylic acids is 1. The molecule has 4 rings (SSSR count). The average molecular weight is 525 g/mol. The monoisotopic (exact) mass is 524 g/mol. The van der Waals surface area contributed by atoms with Crippen molar-refractivity contribution in [3.63, 3.8) is 0 Å². The molecule has 0 fully saturated rings. The van der Waals surface area contributed by atoms with E-state index in [1.54, 1.807) is 6.20 Å². The fourth-order valence-electron chi connectivity index (χ4n) is 4.31. The number of aryl methyl sites for hydroxylation is 1. The number of benzene rings is 3. The van der Waals surface area contributed by atoms with Crippen LogP contribution >= 0.6 is 0 Å². The van der Waals surface area contributed by atoms with Gasteiger partial charge in [0.2, 0.25) is 11.8 Å². The largest absolute Gasteiger partial charge is 0.481 e. The molecule has 1 aromatic heterocycles. The van der Waals surface area contributed by atoms with Crippen LogP contribution in [0.2, 0.25) is 0 Å². The molecule has 0 aliphatic rings. The number of hydrogen-bond acceptors (Lipinski definition) is 5.